The number of nitroso groups, excluding NO2 is 1. The Balaban J connectivity index is 1.59. The van der Waals surface area contributed by atoms with E-state index in [1.54, 1.807) is 60.5 Å². The summed E-state index contributed by atoms with van der Waals surface area (Å²) in [5.41, 5.74) is 13.3. The Hall–Kier alpha value is -4.74. The van der Waals surface area contributed by atoms with E-state index < -0.39 is 5.91 Å². The van der Waals surface area contributed by atoms with Crippen molar-refractivity contribution in [2.45, 2.75) is 25.7 Å². The molecule has 4 rings (SSSR count). The van der Waals surface area contributed by atoms with Gasteiger partial charge in [0.25, 0.3) is 11.8 Å². The number of hydrogen-bond donors (Lipinski definition) is 2. The summed E-state index contributed by atoms with van der Waals surface area (Å²) in [6, 6.07) is 13.8. The number of anilines is 2. The number of ether oxygens (including phenoxy) is 1. The Morgan fingerprint density at radius 1 is 1.05 bits per heavy atom. The number of methoxy groups -OCH3 is 1. The van der Waals surface area contributed by atoms with Crippen molar-refractivity contribution in [1.29, 1.82) is 0 Å². The fraction of sp³-hybridized carbons (Fsp3) is 0.280. The number of nitrogens with zero attached hydrogens (tertiary/aromatic N) is 5. The van der Waals surface area contributed by atoms with Crippen molar-refractivity contribution in [3.05, 3.63) is 70.4 Å². The van der Waals surface area contributed by atoms with Crippen LogP contribution in [-0.2, 0) is 11.2 Å². The minimum absolute atomic E-state index is 0.0678. The number of rotatable bonds is 11. The third-order valence-electron chi connectivity index (χ3n) is 6.17. The van der Waals surface area contributed by atoms with E-state index in [4.69, 9.17) is 16.2 Å². The topological polar surface area (TPSA) is 166 Å². The van der Waals surface area contributed by atoms with Gasteiger partial charge in [-0.15, -0.1) is 4.91 Å². The van der Waals surface area contributed by atoms with Gasteiger partial charge in [0.2, 0.25) is 5.91 Å². The predicted molar refractivity (Wildman–Crippen MR) is 137 cm³/mol. The van der Waals surface area contributed by atoms with E-state index in [2.05, 4.69) is 10.4 Å². The third kappa shape index (κ3) is 5.27. The van der Waals surface area contributed by atoms with Gasteiger partial charge in [-0.25, -0.2) is 9.69 Å². The molecular weight excluding hydrogens is 478 g/mol. The van der Waals surface area contributed by atoms with Gasteiger partial charge in [-0.1, -0.05) is 0 Å². The van der Waals surface area contributed by atoms with Crippen LogP contribution in [0.4, 0.5) is 11.4 Å². The molecule has 12 nitrogen and oxygen atoms in total. The molecule has 4 N–H and O–H groups in total. The Morgan fingerprint density at radius 2 is 1.73 bits per heavy atom. The first-order valence-corrected chi connectivity index (χ1v) is 11.7. The number of aromatic nitrogens is 2. The molecule has 2 heterocycles. The summed E-state index contributed by atoms with van der Waals surface area (Å²) in [6.45, 7) is 0.654. The maximum atomic E-state index is 13.6. The summed E-state index contributed by atoms with van der Waals surface area (Å²) < 4.78 is 6.63. The number of unbranched alkanes of at least 4 members (excludes halogenated alkanes) is 1. The quantitative estimate of drug-likeness (QED) is 0.229. The van der Waals surface area contributed by atoms with Gasteiger partial charge in [0.1, 0.15) is 11.4 Å². The molecule has 0 saturated carbocycles. The highest BCUT2D eigenvalue weighted by Crippen LogP contribution is 2.30. The second-order valence-electron chi connectivity index (χ2n) is 8.50. The molecular formula is C25H27N7O5. The Morgan fingerprint density at radius 3 is 2.32 bits per heavy atom. The Bertz CT molecular complexity index is 1320. The summed E-state index contributed by atoms with van der Waals surface area (Å²) in [6.07, 6.45) is 1.76. The van der Waals surface area contributed by atoms with Crippen LogP contribution < -0.4 is 26.1 Å². The van der Waals surface area contributed by atoms with Crippen molar-refractivity contribution in [2.24, 2.45) is 16.8 Å². The largest absolute Gasteiger partial charge is 0.497 e. The van der Waals surface area contributed by atoms with Crippen LogP contribution in [0.5, 0.6) is 5.75 Å². The van der Waals surface area contributed by atoms with Crippen molar-refractivity contribution in [3.63, 3.8) is 0 Å². The molecule has 37 heavy (non-hydrogen) atoms. The molecule has 0 atom stereocenters. The third-order valence-corrected chi connectivity index (χ3v) is 6.17. The molecule has 192 valence electrons. The SMILES string of the molecule is COc1ccc(-n2nc(C(N)=O)c3c2C(=O)N(c2ccc(N(CCCCC(N)=O)N=O)cc2)CC3)cc1. The van der Waals surface area contributed by atoms with Gasteiger partial charge in [-0.05, 0) is 67.8 Å². The van der Waals surface area contributed by atoms with Gasteiger partial charge in [0, 0.05) is 30.8 Å². The molecule has 0 unspecified atom stereocenters. The second-order valence-corrected chi connectivity index (χ2v) is 8.50. The maximum absolute atomic E-state index is 13.6. The summed E-state index contributed by atoms with van der Waals surface area (Å²) >= 11 is 0. The average molecular weight is 506 g/mol. The summed E-state index contributed by atoms with van der Waals surface area (Å²) in [4.78, 5) is 49.5. The molecule has 3 amide bonds. The van der Waals surface area contributed by atoms with Crippen LogP contribution >= 0.6 is 0 Å². The van der Waals surface area contributed by atoms with Gasteiger partial charge in [-0.3, -0.25) is 14.4 Å². The predicted octanol–water partition coefficient (Wildman–Crippen LogP) is 2.33. The molecule has 1 aliphatic rings. The smallest absolute Gasteiger partial charge is 0.277 e. The van der Waals surface area contributed by atoms with Crippen molar-refractivity contribution < 1.29 is 19.1 Å². The van der Waals surface area contributed by atoms with E-state index in [0.29, 0.717) is 60.7 Å². The first-order chi connectivity index (χ1) is 17.8. The number of benzene rings is 2. The van der Waals surface area contributed by atoms with E-state index in [1.807, 2.05) is 0 Å². The molecule has 0 fully saturated rings. The number of hydrogen-bond acceptors (Lipinski definition) is 7. The van der Waals surface area contributed by atoms with Crippen molar-refractivity contribution in [3.8, 4) is 11.4 Å². The molecule has 0 aliphatic carbocycles. The molecule has 0 radical (unpaired) electrons. The lowest BCUT2D eigenvalue weighted by Gasteiger charge is -2.28. The van der Waals surface area contributed by atoms with E-state index in [-0.39, 0.29) is 29.6 Å². The van der Waals surface area contributed by atoms with E-state index in [1.165, 1.54) is 9.69 Å². The molecule has 1 aromatic heterocycles. The zero-order valence-electron chi connectivity index (χ0n) is 20.3. The number of fused-ring (bicyclic) bond motifs is 1. The summed E-state index contributed by atoms with van der Waals surface area (Å²) in [5.74, 6) is -0.784. The van der Waals surface area contributed by atoms with Crippen LogP contribution in [0.25, 0.3) is 5.69 Å². The van der Waals surface area contributed by atoms with Gasteiger partial charge in [-0.2, -0.15) is 5.10 Å². The van der Waals surface area contributed by atoms with Crippen molar-refractivity contribution in [1.82, 2.24) is 9.78 Å². The number of carbonyl (C=O) groups is 3. The van der Waals surface area contributed by atoms with Crippen LogP contribution in [-0.4, -0.2) is 47.7 Å². The minimum Gasteiger partial charge on any atom is -0.497 e. The molecule has 0 spiro atoms. The Labute approximate surface area is 212 Å². The highest BCUT2D eigenvalue weighted by Gasteiger charge is 2.34. The number of amides is 3. The van der Waals surface area contributed by atoms with E-state index in [0.717, 1.165) is 0 Å². The van der Waals surface area contributed by atoms with Crippen molar-refractivity contribution in [2.75, 3.05) is 30.1 Å². The van der Waals surface area contributed by atoms with Crippen LogP contribution in [0, 0.1) is 4.91 Å². The zero-order chi connectivity index (χ0) is 26.5. The highest BCUT2D eigenvalue weighted by molar-refractivity contribution is 6.09. The average Bonchev–Trinajstić information content (AvgIpc) is 3.30. The number of nitrogens with two attached hydrogens (primary N) is 2. The first kappa shape index (κ1) is 25.4. The standard InChI is InChI=1S/C25H27N7O5/c1-37-19-11-9-18(10-12-19)32-23-20(22(28-32)24(27)34)13-15-30(25(23)35)16-5-7-17(8-6-16)31(29-36)14-3-2-4-21(26)33/h5-12H,2-4,13-15H2,1H3,(H2,26,33)(H2,27,34). The highest BCUT2D eigenvalue weighted by atomic mass is 16.5. The number of carbonyl (C=O) groups excluding carboxylic acids is 3. The van der Waals surface area contributed by atoms with Crippen LogP contribution in [0.3, 0.4) is 0 Å². The molecule has 1 aliphatic heterocycles. The molecule has 12 heteroatoms. The fourth-order valence-electron chi connectivity index (χ4n) is 4.30. The van der Waals surface area contributed by atoms with Gasteiger partial charge in [0.15, 0.2) is 5.69 Å². The number of primary amides is 2. The van der Waals surface area contributed by atoms with Crippen LogP contribution in [0.15, 0.2) is 53.8 Å². The normalized spacial score (nSPS) is 12.7. The molecule has 0 bridgehead atoms. The van der Waals surface area contributed by atoms with E-state index in [9.17, 15) is 19.3 Å². The van der Waals surface area contributed by atoms with Crippen LogP contribution in [0.2, 0.25) is 0 Å². The minimum atomic E-state index is -0.702. The van der Waals surface area contributed by atoms with Gasteiger partial charge < -0.3 is 21.1 Å². The van der Waals surface area contributed by atoms with Gasteiger partial charge >= 0.3 is 0 Å². The van der Waals surface area contributed by atoms with Gasteiger partial charge in [0.05, 0.1) is 23.8 Å². The fourth-order valence-corrected chi connectivity index (χ4v) is 4.30. The van der Waals surface area contributed by atoms with Crippen LogP contribution in [0.1, 0.15) is 45.8 Å². The summed E-state index contributed by atoms with van der Waals surface area (Å²) in [5, 5.41) is 8.71. The lowest BCUT2D eigenvalue weighted by Crippen LogP contribution is -2.39. The lowest BCUT2D eigenvalue weighted by atomic mass is 10.0. The maximum Gasteiger partial charge on any atom is 0.277 e. The summed E-state index contributed by atoms with van der Waals surface area (Å²) in [7, 11) is 1.55. The first-order valence-electron chi connectivity index (χ1n) is 11.7. The molecule has 0 saturated heterocycles. The second kappa shape index (κ2) is 10.9. The monoisotopic (exact) mass is 505 g/mol. The zero-order valence-corrected chi connectivity index (χ0v) is 20.3. The lowest BCUT2D eigenvalue weighted by molar-refractivity contribution is -0.118. The molecule has 3 aromatic rings. The molecule has 2 aromatic carbocycles. The Kier molecular flexibility index (Phi) is 7.47. The van der Waals surface area contributed by atoms with Crippen molar-refractivity contribution >= 4 is 29.1 Å². The van der Waals surface area contributed by atoms with E-state index >= 15 is 0 Å².